The lowest BCUT2D eigenvalue weighted by atomic mass is 10.2. The maximum absolute atomic E-state index is 12.3. The molecule has 5 heteroatoms. The van der Waals surface area contributed by atoms with Crippen LogP contribution in [0, 0.1) is 0 Å². The Bertz CT molecular complexity index is 687. The van der Waals surface area contributed by atoms with Crippen LogP contribution in [-0.4, -0.2) is 25.9 Å². The highest BCUT2D eigenvalue weighted by Gasteiger charge is 2.23. The normalized spacial score (nSPS) is 12.7. The molecule has 2 amide bonds. The number of ether oxygens (including phenoxy) is 2. The number of carbonyl (C=O) groups is 1. The topological polar surface area (TPSA) is 50.8 Å². The van der Waals surface area contributed by atoms with Crippen molar-refractivity contribution in [2.75, 3.05) is 24.8 Å². The van der Waals surface area contributed by atoms with Gasteiger partial charge in [0, 0.05) is 12.2 Å². The summed E-state index contributed by atoms with van der Waals surface area (Å²) >= 11 is 0. The molecule has 0 saturated carbocycles. The smallest absolute Gasteiger partial charge is 0.324 e. The minimum absolute atomic E-state index is 0.0988. The van der Waals surface area contributed by atoms with Crippen molar-refractivity contribution in [2.24, 2.45) is 0 Å². The summed E-state index contributed by atoms with van der Waals surface area (Å²) in [6.07, 6.45) is 0.887. The van der Waals surface area contributed by atoms with Crippen molar-refractivity contribution in [3.63, 3.8) is 0 Å². The number of anilines is 1. The number of carbonyl (C=O) groups excluding carboxylic acids is 1. The monoisotopic (exact) mass is 312 g/mol. The zero-order chi connectivity index (χ0) is 16.1. The summed E-state index contributed by atoms with van der Waals surface area (Å²) in [5.41, 5.74) is 2.17. The fourth-order valence-corrected chi connectivity index (χ4v) is 2.66. The molecule has 5 nitrogen and oxygen atoms in total. The molecule has 1 aliphatic rings. The summed E-state index contributed by atoms with van der Waals surface area (Å²) in [5, 5.41) is 2.79. The predicted molar refractivity (Wildman–Crippen MR) is 89.1 cm³/mol. The zero-order valence-corrected chi connectivity index (χ0v) is 13.1. The van der Waals surface area contributed by atoms with E-state index in [0.717, 1.165) is 12.1 Å². The molecular formula is C18H20N2O3. The summed E-state index contributed by atoms with van der Waals surface area (Å²) in [6.45, 7) is 3.28. The van der Waals surface area contributed by atoms with E-state index in [1.54, 1.807) is 4.90 Å². The molecule has 1 heterocycles. The number of hydrogen-bond donors (Lipinski definition) is 1. The molecule has 1 N–H and O–H groups in total. The first-order valence-electron chi connectivity index (χ1n) is 7.77. The van der Waals surface area contributed by atoms with Gasteiger partial charge in [-0.2, -0.15) is 0 Å². The average Bonchev–Trinajstić information content (AvgIpc) is 3.01. The van der Waals surface area contributed by atoms with Gasteiger partial charge >= 0.3 is 6.03 Å². The molecule has 0 radical (unpaired) electrons. The Hall–Kier alpha value is -2.69. The van der Waals surface area contributed by atoms with Crippen molar-refractivity contribution in [3.05, 3.63) is 54.1 Å². The maximum atomic E-state index is 12.3. The van der Waals surface area contributed by atoms with E-state index in [9.17, 15) is 4.79 Å². The standard InChI is InChI=1S/C18H20N2O3/c1-2-22-16-9-5-6-10-17(16)23-13-19-18(21)20-12-11-14-7-3-4-8-15(14)20/h3-10H,2,11-13H2,1H3,(H,19,21). The van der Waals surface area contributed by atoms with Crippen LogP contribution in [0.1, 0.15) is 12.5 Å². The number of nitrogens with one attached hydrogen (secondary N) is 1. The lowest BCUT2D eigenvalue weighted by Crippen LogP contribution is -2.40. The highest BCUT2D eigenvalue weighted by atomic mass is 16.5. The van der Waals surface area contributed by atoms with E-state index in [1.165, 1.54) is 5.56 Å². The van der Waals surface area contributed by atoms with Crippen molar-refractivity contribution < 1.29 is 14.3 Å². The quantitative estimate of drug-likeness (QED) is 0.863. The molecule has 2 aromatic carbocycles. The van der Waals surface area contributed by atoms with Gasteiger partial charge in [0.15, 0.2) is 18.2 Å². The van der Waals surface area contributed by atoms with Crippen LogP contribution in [0.25, 0.3) is 0 Å². The highest BCUT2D eigenvalue weighted by Crippen LogP contribution is 2.28. The summed E-state index contributed by atoms with van der Waals surface area (Å²) in [5.74, 6) is 1.30. The van der Waals surface area contributed by atoms with Crippen LogP contribution in [0.4, 0.5) is 10.5 Å². The molecule has 0 unspecified atom stereocenters. The lowest BCUT2D eigenvalue weighted by molar-refractivity contribution is 0.225. The van der Waals surface area contributed by atoms with Gasteiger partial charge in [0.05, 0.1) is 6.61 Å². The van der Waals surface area contributed by atoms with E-state index in [0.29, 0.717) is 24.7 Å². The minimum Gasteiger partial charge on any atom is -0.490 e. The molecule has 0 saturated heterocycles. The van der Waals surface area contributed by atoms with Crippen LogP contribution >= 0.6 is 0 Å². The van der Waals surface area contributed by atoms with Gasteiger partial charge in [-0.1, -0.05) is 30.3 Å². The van der Waals surface area contributed by atoms with Crippen LogP contribution in [0.3, 0.4) is 0 Å². The molecule has 0 aromatic heterocycles. The van der Waals surface area contributed by atoms with Crippen molar-refractivity contribution >= 4 is 11.7 Å². The SMILES string of the molecule is CCOc1ccccc1OCNC(=O)N1CCc2ccccc21. The molecule has 1 aliphatic heterocycles. The van der Waals surface area contributed by atoms with E-state index in [4.69, 9.17) is 9.47 Å². The van der Waals surface area contributed by atoms with Gasteiger partial charge in [-0.25, -0.2) is 4.79 Å². The predicted octanol–water partition coefficient (Wildman–Crippen LogP) is 3.19. The van der Waals surface area contributed by atoms with Gasteiger partial charge in [-0.15, -0.1) is 0 Å². The van der Waals surface area contributed by atoms with E-state index < -0.39 is 0 Å². The second kappa shape index (κ2) is 7.05. The third-order valence-corrected chi connectivity index (χ3v) is 3.73. The lowest BCUT2D eigenvalue weighted by Gasteiger charge is -2.18. The summed E-state index contributed by atoms with van der Waals surface area (Å²) in [7, 11) is 0. The first-order chi connectivity index (χ1) is 11.3. The van der Waals surface area contributed by atoms with Crippen LogP contribution in [-0.2, 0) is 6.42 Å². The maximum Gasteiger partial charge on any atom is 0.324 e. The Kier molecular flexibility index (Phi) is 4.66. The number of hydrogen-bond acceptors (Lipinski definition) is 3. The van der Waals surface area contributed by atoms with Gasteiger partial charge in [0.25, 0.3) is 0 Å². The second-order valence-electron chi connectivity index (χ2n) is 5.18. The number of fused-ring (bicyclic) bond motifs is 1. The molecule has 3 rings (SSSR count). The third-order valence-electron chi connectivity index (χ3n) is 3.73. The molecule has 0 spiro atoms. The Morgan fingerprint density at radius 3 is 2.57 bits per heavy atom. The van der Waals surface area contributed by atoms with Crippen molar-refractivity contribution in [2.45, 2.75) is 13.3 Å². The summed E-state index contributed by atoms with van der Waals surface area (Å²) in [6, 6.07) is 15.2. The third kappa shape index (κ3) is 3.39. The number of amides is 2. The number of para-hydroxylation sites is 3. The van der Waals surface area contributed by atoms with Gasteiger partial charge in [-0.05, 0) is 37.1 Å². The van der Waals surface area contributed by atoms with E-state index in [2.05, 4.69) is 11.4 Å². The largest absolute Gasteiger partial charge is 0.490 e. The second-order valence-corrected chi connectivity index (χ2v) is 5.18. The Morgan fingerprint density at radius 1 is 1.09 bits per heavy atom. The van der Waals surface area contributed by atoms with Gasteiger partial charge in [-0.3, -0.25) is 4.90 Å². The molecular weight excluding hydrogens is 292 g/mol. The first-order valence-corrected chi connectivity index (χ1v) is 7.77. The fourth-order valence-electron chi connectivity index (χ4n) is 2.66. The van der Waals surface area contributed by atoms with Crippen molar-refractivity contribution in [1.29, 1.82) is 0 Å². The average molecular weight is 312 g/mol. The van der Waals surface area contributed by atoms with Gasteiger partial charge in [0.2, 0.25) is 0 Å². The molecule has 0 atom stereocenters. The summed E-state index contributed by atoms with van der Waals surface area (Å²) in [4.78, 5) is 14.1. The fraction of sp³-hybridized carbons (Fsp3) is 0.278. The number of urea groups is 1. The minimum atomic E-state index is -0.149. The Labute approximate surface area is 135 Å². The number of benzene rings is 2. The molecule has 2 aromatic rings. The molecule has 0 bridgehead atoms. The van der Waals surface area contributed by atoms with E-state index in [-0.39, 0.29) is 12.8 Å². The van der Waals surface area contributed by atoms with Crippen molar-refractivity contribution in [3.8, 4) is 11.5 Å². The molecule has 0 fully saturated rings. The molecule has 0 aliphatic carbocycles. The Morgan fingerprint density at radius 2 is 1.78 bits per heavy atom. The zero-order valence-electron chi connectivity index (χ0n) is 13.1. The highest BCUT2D eigenvalue weighted by molar-refractivity contribution is 5.94. The summed E-state index contributed by atoms with van der Waals surface area (Å²) < 4.78 is 11.1. The number of nitrogens with zero attached hydrogens (tertiary/aromatic N) is 1. The van der Waals surface area contributed by atoms with Gasteiger partial charge < -0.3 is 14.8 Å². The van der Waals surface area contributed by atoms with Crippen LogP contribution < -0.4 is 19.7 Å². The molecule has 23 heavy (non-hydrogen) atoms. The van der Waals surface area contributed by atoms with E-state index in [1.807, 2.05) is 49.4 Å². The van der Waals surface area contributed by atoms with E-state index >= 15 is 0 Å². The van der Waals surface area contributed by atoms with Crippen molar-refractivity contribution in [1.82, 2.24) is 5.32 Å². The first kappa shape index (κ1) is 15.2. The van der Waals surface area contributed by atoms with Crippen LogP contribution in [0.2, 0.25) is 0 Å². The number of rotatable bonds is 5. The molecule has 120 valence electrons. The van der Waals surface area contributed by atoms with Gasteiger partial charge in [0.1, 0.15) is 0 Å². The Balaban J connectivity index is 1.57. The van der Waals surface area contributed by atoms with Crippen LogP contribution in [0.15, 0.2) is 48.5 Å². The van der Waals surface area contributed by atoms with Crippen LogP contribution in [0.5, 0.6) is 11.5 Å².